The molecule has 0 saturated heterocycles. The normalized spacial score (nSPS) is 17.4. The molecule has 0 rings (SSSR count). The molecule has 128 valence electrons. The van der Waals surface area contributed by atoms with Crippen molar-refractivity contribution in [3.8, 4) is 0 Å². The highest BCUT2D eigenvalue weighted by atomic mass is 16.5. The maximum atomic E-state index is 5.31. The van der Waals surface area contributed by atoms with Crippen molar-refractivity contribution >= 4 is 0 Å². The first-order valence-corrected chi connectivity index (χ1v) is 9.52. The Hall–Kier alpha value is -0.0400. The second kappa shape index (κ2) is 13.6. The zero-order chi connectivity index (χ0) is 16.1. The zero-order valence-electron chi connectivity index (χ0n) is 15.8. The summed E-state index contributed by atoms with van der Waals surface area (Å²) in [7, 11) is 1.82. The number of hydrogen-bond acceptors (Lipinski definition) is 1. The fraction of sp³-hybridized carbons (Fsp3) is 1.00. The molecule has 21 heavy (non-hydrogen) atoms. The Morgan fingerprint density at radius 2 is 1.00 bits per heavy atom. The van der Waals surface area contributed by atoms with Crippen LogP contribution in [0.25, 0.3) is 0 Å². The van der Waals surface area contributed by atoms with Crippen LogP contribution in [0.15, 0.2) is 0 Å². The third-order valence-electron chi connectivity index (χ3n) is 5.19. The molecule has 0 aliphatic carbocycles. The standard InChI is InChI=1S/C20H42O/c1-7-17(2)11-8-12-18(3)13-9-14-19(4)15-10-16-20(5)21-6/h17-20H,7-16H2,1-6H3. The second-order valence-electron chi connectivity index (χ2n) is 7.56. The van der Waals surface area contributed by atoms with Gasteiger partial charge in [-0.2, -0.15) is 0 Å². The number of ether oxygens (including phenoxy) is 1. The van der Waals surface area contributed by atoms with Crippen molar-refractivity contribution in [2.24, 2.45) is 17.8 Å². The summed E-state index contributed by atoms with van der Waals surface area (Å²) in [5.74, 6) is 2.74. The smallest absolute Gasteiger partial charge is 0.0543 e. The van der Waals surface area contributed by atoms with Crippen molar-refractivity contribution in [2.75, 3.05) is 7.11 Å². The van der Waals surface area contributed by atoms with E-state index in [0.29, 0.717) is 6.10 Å². The van der Waals surface area contributed by atoms with E-state index >= 15 is 0 Å². The molecule has 1 heteroatoms. The van der Waals surface area contributed by atoms with E-state index in [4.69, 9.17) is 4.74 Å². The van der Waals surface area contributed by atoms with E-state index < -0.39 is 0 Å². The molecule has 0 aromatic rings. The third kappa shape index (κ3) is 13.4. The fourth-order valence-corrected chi connectivity index (χ4v) is 2.99. The Balaban J connectivity index is 3.46. The number of methoxy groups -OCH3 is 1. The van der Waals surface area contributed by atoms with Crippen LogP contribution in [0.5, 0.6) is 0 Å². The minimum Gasteiger partial charge on any atom is -0.382 e. The predicted octanol–water partition coefficient (Wildman–Crippen LogP) is 6.85. The lowest BCUT2D eigenvalue weighted by atomic mass is 9.91. The van der Waals surface area contributed by atoms with Crippen LogP contribution >= 0.6 is 0 Å². The van der Waals surface area contributed by atoms with Crippen LogP contribution in [0, 0.1) is 17.8 Å². The van der Waals surface area contributed by atoms with E-state index in [-0.39, 0.29) is 0 Å². The lowest BCUT2D eigenvalue weighted by molar-refractivity contribution is 0.107. The van der Waals surface area contributed by atoms with E-state index in [1.165, 1.54) is 64.2 Å². The molecule has 0 N–H and O–H groups in total. The first-order valence-electron chi connectivity index (χ1n) is 9.52. The minimum atomic E-state index is 0.433. The molecule has 0 bridgehead atoms. The molecule has 0 aliphatic rings. The molecular formula is C20H42O. The third-order valence-corrected chi connectivity index (χ3v) is 5.19. The van der Waals surface area contributed by atoms with E-state index in [9.17, 15) is 0 Å². The summed E-state index contributed by atoms with van der Waals surface area (Å²) in [5, 5.41) is 0. The van der Waals surface area contributed by atoms with Crippen LogP contribution in [0.2, 0.25) is 0 Å². The maximum Gasteiger partial charge on any atom is 0.0543 e. The second-order valence-corrected chi connectivity index (χ2v) is 7.56. The highest BCUT2D eigenvalue weighted by Crippen LogP contribution is 2.22. The summed E-state index contributed by atoms with van der Waals surface area (Å²) >= 11 is 0. The summed E-state index contributed by atoms with van der Waals surface area (Å²) in [5.41, 5.74) is 0. The Morgan fingerprint density at radius 3 is 1.38 bits per heavy atom. The van der Waals surface area contributed by atoms with Gasteiger partial charge in [0.15, 0.2) is 0 Å². The fourth-order valence-electron chi connectivity index (χ4n) is 2.99. The average molecular weight is 299 g/mol. The first-order chi connectivity index (χ1) is 9.99. The van der Waals surface area contributed by atoms with Gasteiger partial charge in [-0.15, -0.1) is 0 Å². The SMILES string of the molecule is CCC(C)CCCC(C)CCCC(C)CCCC(C)OC. The van der Waals surface area contributed by atoms with E-state index in [1.807, 2.05) is 7.11 Å². The summed E-state index contributed by atoms with van der Waals surface area (Å²) < 4.78 is 5.31. The average Bonchev–Trinajstić information content (AvgIpc) is 2.46. The van der Waals surface area contributed by atoms with E-state index in [2.05, 4.69) is 34.6 Å². The monoisotopic (exact) mass is 298 g/mol. The van der Waals surface area contributed by atoms with Crippen LogP contribution in [0.1, 0.15) is 98.8 Å². The van der Waals surface area contributed by atoms with E-state index in [0.717, 1.165) is 17.8 Å². The van der Waals surface area contributed by atoms with Crippen molar-refractivity contribution in [1.82, 2.24) is 0 Å². The predicted molar refractivity (Wildman–Crippen MR) is 95.8 cm³/mol. The number of hydrogen-bond donors (Lipinski definition) is 0. The molecule has 0 amide bonds. The van der Waals surface area contributed by atoms with Gasteiger partial charge in [0.1, 0.15) is 0 Å². The van der Waals surface area contributed by atoms with Crippen LogP contribution in [0.4, 0.5) is 0 Å². The number of rotatable bonds is 14. The quantitative estimate of drug-likeness (QED) is 0.341. The van der Waals surface area contributed by atoms with Gasteiger partial charge < -0.3 is 4.74 Å². The van der Waals surface area contributed by atoms with Crippen LogP contribution in [-0.2, 0) is 4.74 Å². The molecule has 0 spiro atoms. The van der Waals surface area contributed by atoms with Gasteiger partial charge in [-0.3, -0.25) is 0 Å². The molecule has 1 nitrogen and oxygen atoms in total. The van der Waals surface area contributed by atoms with Crippen LogP contribution in [-0.4, -0.2) is 13.2 Å². The maximum absolute atomic E-state index is 5.31. The molecule has 4 atom stereocenters. The molecule has 0 aliphatic heterocycles. The molecule has 0 fully saturated rings. The summed E-state index contributed by atoms with van der Waals surface area (Å²) in [6, 6.07) is 0. The van der Waals surface area contributed by atoms with Gasteiger partial charge >= 0.3 is 0 Å². The van der Waals surface area contributed by atoms with Crippen molar-refractivity contribution < 1.29 is 4.74 Å². The largest absolute Gasteiger partial charge is 0.382 e. The Morgan fingerprint density at radius 1 is 0.619 bits per heavy atom. The van der Waals surface area contributed by atoms with Gasteiger partial charge in [0, 0.05) is 7.11 Å². The molecule has 4 unspecified atom stereocenters. The van der Waals surface area contributed by atoms with Gasteiger partial charge in [-0.25, -0.2) is 0 Å². The minimum absolute atomic E-state index is 0.433. The molecule has 0 aromatic heterocycles. The van der Waals surface area contributed by atoms with Gasteiger partial charge in [0.2, 0.25) is 0 Å². The molecule has 0 saturated carbocycles. The highest BCUT2D eigenvalue weighted by Gasteiger charge is 2.07. The van der Waals surface area contributed by atoms with Gasteiger partial charge in [-0.05, 0) is 31.1 Å². The summed E-state index contributed by atoms with van der Waals surface area (Å²) in [6.07, 6.45) is 14.2. The Labute approximate surface area is 135 Å². The molecular weight excluding hydrogens is 256 g/mol. The highest BCUT2D eigenvalue weighted by molar-refractivity contribution is 4.61. The molecule has 0 radical (unpaired) electrons. The van der Waals surface area contributed by atoms with Crippen molar-refractivity contribution in [1.29, 1.82) is 0 Å². The van der Waals surface area contributed by atoms with Crippen molar-refractivity contribution in [2.45, 2.75) is 105 Å². The summed E-state index contributed by atoms with van der Waals surface area (Å²) in [4.78, 5) is 0. The van der Waals surface area contributed by atoms with Crippen LogP contribution in [0.3, 0.4) is 0 Å². The zero-order valence-corrected chi connectivity index (χ0v) is 15.8. The first kappa shape index (κ1) is 21.0. The lowest BCUT2D eigenvalue weighted by Gasteiger charge is -2.16. The lowest BCUT2D eigenvalue weighted by Crippen LogP contribution is -2.05. The van der Waals surface area contributed by atoms with Crippen molar-refractivity contribution in [3.05, 3.63) is 0 Å². The van der Waals surface area contributed by atoms with Crippen molar-refractivity contribution in [3.63, 3.8) is 0 Å². The van der Waals surface area contributed by atoms with E-state index in [1.54, 1.807) is 0 Å². The van der Waals surface area contributed by atoms with Gasteiger partial charge in [-0.1, -0.05) is 85.5 Å². The van der Waals surface area contributed by atoms with Gasteiger partial charge in [0.25, 0.3) is 0 Å². The summed E-state index contributed by atoms with van der Waals surface area (Å²) in [6.45, 7) is 11.7. The Kier molecular flexibility index (Phi) is 13.6. The molecule has 0 heterocycles. The molecule has 0 aromatic carbocycles. The topological polar surface area (TPSA) is 9.23 Å². The van der Waals surface area contributed by atoms with Gasteiger partial charge in [0.05, 0.1) is 6.10 Å². The van der Waals surface area contributed by atoms with Crippen LogP contribution < -0.4 is 0 Å². The Bertz CT molecular complexity index is 192.